The highest BCUT2D eigenvalue weighted by Crippen LogP contribution is 2.41. The summed E-state index contributed by atoms with van der Waals surface area (Å²) in [6.07, 6.45) is 10.1. The summed E-state index contributed by atoms with van der Waals surface area (Å²) in [4.78, 5) is 0. The standard InChI is InChI=1S/C21H41BN2O.C2H6/c1-7-8-12-18(2)24-21(5,6)16-25-15-20(3,4)22(17-23)19-13-10-9-11-14-19;1-2/h18-19,24H,7-16H2,1-6H3;1-2H3. The Morgan fingerprint density at radius 3 is 2.22 bits per heavy atom. The second kappa shape index (κ2) is 13.6. The predicted octanol–water partition coefficient (Wildman–Crippen LogP) is 6.65. The van der Waals surface area contributed by atoms with Crippen molar-refractivity contribution in [3.8, 4) is 5.97 Å². The van der Waals surface area contributed by atoms with Gasteiger partial charge < -0.3 is 10.1 Å². The van der Waals surface area contributed by atoms with Gasteiger partial charge in [0.15, 0.2) is 0 Å². The molecule has 1 unspecified atom stereocenters. The molecule has 0 bridgehead atoms. The molecule has 1 atom stereocenters. The molecule has 1 rings (SSSR count). The summed E-state index contributed by atoms with van der Waals surface area (Å²) in [6, 6.07) is 0.514. The van der Waals surface area contributed by atoms with E-state index >= 15 is 0 Å². The van der Waals surface area contributed by atoms with Crippen molar-refractivity contribution in [2.24, 2.45) is 0 Å². The molecule has 0 spiro atoms. The monoisotopic (exact) mass is 378 g/mol. The van der Waals surface area contributed by atoms with E-state index in [0.717, 1.165) is 0 Å². The van der Waals surface area contributed by atoms with Crippen LogP contribution in [0.25, 0.3) is 0 Å². The van der Waals surface area contributed by atoms with Gasteiger partial charge in [0.25, 0.3) is 6.71 Å². The average Bonchev–Trinajstić information content (AvgIpc) is 2.62. The number of hydrogen-bond acceptors (Lipinski definition) is 3. The van der Waals surface area contributed by atoms with Gasteiger partial charge in [-0.1, -0.05) is 79.6 Å². The Morgan fingerprint density at radius 2 is 1.70 bits per heavy atom. The fourth-order valence-electron chi connectivity index (χ4n) is 4.34. The van der Waals surface area contributed by atoms with E-state index in [1.165, 1.54) is 51.4 Å². The molecule has 27 heavy (non-hydrogen) atoms. The molecule has 1 saturated carbocycles. The van der Waals surface area contributed by atoms with Crippen LogP contribution < -0.4 is 5.32 Å². The topological polar surface area (TPSA) is 45.0 Å². The van der Waals surface area contributed by atoms with E-state index in [0.29, 0.717) is 25.1 Å². The molecule has 0 radical (unpaired) electrons. The van der Waals surface area contributed by atoms with Crippen molar-refractivity contribution in [3.05, 3.63) is 0 Å². The van der Waals surface area contributed by atoms with Crippen molar-refractivity contribution in [2.45, 2.75) is 129 Å². The minimum Gasteiger partial charge on any atom is -0.380 e. The summed E-state index contributed by atoms with van der Waals surface area (Å²) < 4.78 is 6.13. The fourth-order valence-corrected chi connectivity index (χ4v) is 4.34. The number of hydrogen-bond donors (Lipinski definition) is 1. The third kappa shape index (κ3) is 10.6. The van der Waals surface area contributed by atoms with E-state index < -0.39 is 0 Å². The molecule has 0 aliphatic heterocycles. The maximum Gasteiger partial charge on any atom is 0.279 e. The third-order valence-electron chi connectivity index (χ3n) is 5.67. The van der Waals surface area contributed by atoms with Crippen LogP contribution in [0.4, 0.5) is 0 Å². The van der Waals surface area contributed by atoms with Crippen LogP contribution in [0.1, 0.15) is 107 Å². The van der Waals surface area contributed by atoms with Crippen LogP contribution in [-0.4, -0.2) is 31.5 Å². The van der Waals surface area contributed by atoms with E-state index in [4.69, 9.17) is 4.74 Å². The molecule has 0 aromatic heterocycles. The van der Waals surface area contributed by atoms with Gasteiger partial charge in [-0.15, -0.1) is 0 Å². The first kappa shape index (κ1) is 26.5. The molecular weight excluding hydrogens is 331 g/mol. The van der Waals surface area contributed by atoms with Gasteiger partial charge in [-0.25, -0.2) is 5.26 Å². The number of nitriles is 1. The van der Waals surface area contributed by atoms with Crippen molar-refractivity contribution in [2.75, 3.05) is 13.2 Å². The SMILES string of the molecule is CC.CCCCC(C)NC(C)(C)COCC(C)(C)B(C#N)C1CCCCC1. The molecule has 0 aromatic carbocycles. The molecule has 1 fully saturated rings. The lowest BCUT2D eigenvalue weighted by atomic mass is 9.28. The van der Waals surface area contributed by atoms with E-state index in [-0.39, 0.29) is 17.6 Å². The molecule has 1 aliphatic rings. The van der Waals surface area contributed by atoms with Crippen LogP contribution in [-0.2, 0) is 4.74 Å². The Morgan fingerprint density at radius 1 is 1.11 bits per heavy atom. The second-order valence-electron chi connectivity index (χ2n) is 9.56. The van der Waals surface area contributed by atoms with Crippen LogP contribution in [0.5, 0.6) is 0 Å². The van der Waals surface area contributed by atoms with Gasteiger partial charge in [0, 0.05) is 24.2 Å². The summed E-state index contributed by atoms with van der Waals surface area (Å²) in [6.45, 7) is 18.8. The molecule has 0 heterocycles. The Bertz CT molecular complexity index is 411. The van der Waals surface area contributed by atoms with Crippen LogP contribution in [0, 0.1) is 11.2 Å². The lowest BCUT2D eigenvalue weighted by Gasteiger charge is -2.36. The Labute approximate surface area is 171 Å². The highest BCUT2D eigenvalue weighted by molar-refractivity contribution is 6.71. The number of nitrogens with zero attached hydrogens (tertiary/aromatic N) is 1. The van der Waals surface area contributed by atoms with Gasteiger partial charge >= 0.3 is 0 Å². The summed E-state index contributed by atoms with van der Waals surface area (Å²) in [5.41, 5.74) is -0.0315. The zero-order valence-electron chi connectivity index (χ0n) is 19.7. The van der Waals surface area contributed by atoms with Crippen LogP contribution in [0.15, 0.2) is 0 Å². The molecule has 0 aromatic rings. The average molecular weight is 378 g/mol. The van der Waals surface area contributed by atoms with Gasteiger partial charge in [-0.05, 0) is 38.3 Å². The zero-order chi connectivity index (χ0) is 20.9. The highest BCUT2D eigenvalue weighted by atomic mass is 16.5. The largest absolute Gasteiger partial charge is 0.380 e. The summed E-state index contributed by atoms with van der Waals surface area (Å²) in [7, 11) is 0. The first-order valence-corrected chi connectivity index (χ1v) is 11.5. The van der Waals surface area contributed by atoms with Crippen molar-refractivity contribution in [1.82, 2.24) is 5.32 Å². The van der Waals surface area contributed by atoms with E-state index in [9.17, 15) is 5.26 Å². The quantitative estimate of drug-likeness (QED) is 0.409. The summed E-state index contributed by atoms with van der Waals surface area (Å²) >= 11 is 0. The van der Waals surface area contributed by atoms with Gasteiger partial charge in [-0.2, -0.15) is 0 Å². The molecule has 1 N–H and O–H groups in total. The van der Waals surface area contributed by atoms with Crippen LogP contribution in [0.3, 0.4) is 0 Å². The first-order valence-electron chi connectivity index (χ1n) is 11.5. The number of ether oxygens (including phenoxy) is 1. The van der Waals surface area contributed by atoms with E-state index in [1.54, 1.807) is 0 Å². The highest BCUT2D eigenvalue weighted by Gasteiger charge is 2.41. The van der Waals surface area contributed by atoms with Gasteiger partial charge in [0.1, 0.15) is 0 Å². The van der Waals surface area contributed by atoms with Gasteiger partial charge in [-0.3, -0.25) is 0 Å². The van der Waals surface area contributed by atoms with Gasteiger partial charge in [0.2, 0.25) is 0 Å². The van der Waals surface area contributed by atoms with Crippen molar-refractivity contribution < 1.29 is 4.74 Å². The smallest absolute Gasteiger partial charge is 0.279 e. The van der Waals surface area contributed by atoms with Gasteiger partial charge in [0.05, 0.1) is 6.61 Å². The number of nitrogens with one attached hydrogen (secondary N) is 1. The molecular formula is C23H47BN2O. The fraction of sp³-hybridized carbons (Fsp3) is 0.957. The van der Waals surface area contributed by atoms with Crippen LogP contribution in [0.2, 0.25) is 11.1 Å². The normalized spacial score (nSPS) is 16.9. The van der Waals surface area contributed by atoms with E-state index in [2.05, 4.69) is 52.8 Å². The zero-order valence-corrected chi connectivity index (χ0v) is 19.7. The molecule has 3 nitrogen and oxygen atoms in total. The van der Waals surface area contributed by atoms with E-state index in [1.807, 2.05) is 13.8 Å². The van der Waals surface area contributed by atoms with Crippen molar-refractivity contribution in [1.29, 1.82) is 5.26 Å². The maximum absolute atomic E-state index is 9.76. The lowest BCUT2D eigenvalue weighted by molar-refractivity contribution is 0.0631. The Balaban J connectivity index is 0.00000326. The minimum absolute atomic E-state index is 0.0315. The molecule has 0 amide bonds. The first-order chi connectivity index (χ1) is 12.7. The molecule has 1 aliphatic carbocycles. The van der Waals surface area contributed by atoms with Crippen molar-refractivity contribution >= 4 is 6.71 Å². The third-order valence-corrected chi connectivity index (χ3v) is 5.67. The lowest BCUT2D eigenvalue weighted by Crippen LogP contribution is -2.48. The molecule has 4 heteroatoms. The number of unbranched alkanes of at least 4 members (excludes halogenated alkanes) is 1. The Hall–Kier alpha value is -0.525. The second-order valence-corrected chi connectivity index (χ2v) is 9.56. The van der Waals surface area contributed by atoms with Crippen molar-refractivity contribution in [3.63, 3.8) is 0 Å². The minimum atomic E-state index is -0.0827. The summed E-state index contributed by atoms with van der Waals surface area (Å²) in [5, 5.41) is 13.4. The Kier molecular flexibility index (Phi) is 13.4. The molecule has 158 valence electrons. The summed E-state index contributed by atoms with van der Waals surface area (Å²) in [5.74, 6) is 3.17. The molecule has 0 saturated heterocycles. The maximum atomic E-state index is 9.76. The number of rotatable bonds is 11. The van der Waals surface area contributed by atoms with Crippen LogP contribution >= 0.6 is 0 Å². The predicted molar refractivity (Wildman–Crippen MR) is 121 cm³/mol.